The van der Waals surface area contributed by atoms with E-state index in [1.54, 1.807) is 0 Å². The van der Waals surface area contributed by atoms with Gasteiger partial charge in [-0.25, -0.2) is 0 Å². The number of phenols is 2. The second kappa shape index (κ2) is 9.80. The SMILES string of the molecule is COC(=O)CCCC(C)(C)c1c(O)ccc(O)c1C(C)(C)CCCC(=O)OC. The van der Waals surface area contributed by atoms with E-state index in [1.165, 1.54) is 26.4 Å². The molecule has 0 atom stereocenters. The number of carbonyl (C=O) groups excluding carboxylic acids is 2. The van der Waals surface area contributed by atoms with E-state index in [-0.39, 0.29) is 23.4 Å². The average molecular weight is 395 g/mol. The van der Waals surface area contributed by atoms with Gasteiger partial charge in [0.2, 0.25) is 0 Å². The van der Waals surface area contributed by atoms with Crippen molar-refractivity contribution in [2.45, 2.75) is 77.0 Å². The van der Waals surface area contributed by atoms with Gasteiger partial charge in [-0.1, -0.05) is 27.7 Å². The Hall–Kier alpha value is -2.24. The van der Waals surface area contributed by atoms with Crippen molar-refractivity contribution in [1.82, 2.24) is 0 Å². The molecular formula is C22H34O6. The van der Waals surface area contributed by atoms with Crippen LogP contribution in [-0.2, 0) is 29.9 Å². The molecule has 0 saturated heterocycles. The maximum atomic E-state index is 11.4. The summed E-state index contributed by atoms with van der Waals surface area (Å²) in [5, 5.41) is 21.3. The molecule has 158 valence electrons. The van der Waals surface area contributed by atoms with Crippen LogP contribution in [0.5, 0.6) is 11.5 Å². The standard InChI is InChI=1S/C22H34O6/c1-21(2,13-7-9-17(25)27-5)19-15(23)11-12-16(24)20(19)22(3,4)14-8-10-18(26)28-6/h11-12,23-24H,7-10,13-14H2,1-6H3. The Morgan fingerprint density at radius 3 is 1.39 bits per heavy atom. The molecule has 0 amide bonds. The van der Waals surface area contributed by atoms with E-state index in [1.807, 2.05) is 27.7 Å². The molecule has 0 spiro atoms. The topological polar surface area (TPSA) is 93.1 Å². The van der Waals surface area contributed by atoms with Gasteiger partial charge in [-0.15, -0.1) is 0 Å². The van der Waals surface area contributed by atoms with E-state index >= 15 is 0 Å². The van der Waals surface area contributed by atoms with Gasteiger partial charge in [0.1, 0.15) is 11.5 Å². The maximum Gasteiger partial charge on any atom is 0.305 e. The highest BCUT2D eigenvalue weighted by Crippen LogP contribution is 2.47. The third kappa shape index (κ3) is 6.14. The number of esters is 2. The molecule has 0 fully saturated rings. The zero-order valence-corrected chi connectivity index (χ0v) is 17.9. The minimum absolute atomic E-state index is 0.122. The molecular weight excluding hydrogens is 360 g/mol. The summed E-state index contributed by atoms with van der Waals surface area (Å²) in [5.74, 6) is -0.285. The van der Waals surface area contributed by atoms with Crippen LogP contribution >= 0.6 is 0 Å². The summed E-state index contributed by atoms with van der Waals surface area (Å²) in [7, 11) is 2.73. The third-order valence-corrected chi connectivity index (χ3v) is 5.34. The molecule has 1 aromatic carbocycles. The summed E-state index contributed by atoms with van der Waals surface area (Å²) in [6, 6.07) is 3.00. The van der Waals surface area contributed by atoms with Crippen LogP contribution in [0.4, 0.5) is 0 Å². The van der Waals surface area contributed by atoms with Crippen LogP contribution in [-0.4, -0.2) is 36.4 Å². The first kappa shape index (κ1) is 23.8. The van der Waals surface area contributed by atoms with Gasteiger partial charge >= 0.3 is 11.9 Å². The van der Waals surface area contributed by atoms with Crippen molar-refractivity contribution >= 4 is 11.9 Å². The molecule has 6 nitrogen and oxygen atoms in total. The minimum Gasteiger partial charge on any atom is -0.508 e. The van der Waals surface area contributed by atoms with Gasteiger partial charge < -0.3 is 19.7 Å². The lowest BCUT2D eigenvalue weighted by molar-refractivity contribution is -0.141. The van der Waals surface area contributed by atoms with E-state index in [9.17, 15) is 19.8 Å². The molecule has 0 aliphatic heterocycles. The van der Waals surface area contributed by atoms with Gasteiger partial charge in [-0.05, 0) is 48.6 Å². The Balaban J connectivity index is 3.17. The Labute approximate surface area is 167 Å². The van der Waals surface area contributed by atoms with Crippen molar-refractivity contribution in [2.75, 3.05) is 14.2 Å². The fraction of sp³-hybridized carbons (Fsp3) is 0.636. The zero-order valence-electron chi connectivity index (χ0n) is 17.9. The van der Waals surface area contributed by atoms with Gasteiger partial charge in [0.15, 0.2) is 0 Å². The highest BCUT2D eigenvalue weighted by Gasteiger charge is 2.35. The second-order valence-electron chi connectivity index (χ2n) is 8.48. The normalized spacial score (nSPS) is 11.9. The first-order valence-electron chi connectivity index (χ1n) is 9.66. The predicted molar refractivity (Wildman–Crippen MR) is 108 cm³/mol. The molecule has 0 aromatic heterocycles. The average Bonchev–Trinajstić information content (AvgIpc) is 2.62. The fourth-order valence-electron chi connectivity index (χ4n) is 3.75. The number of rotatable bonds is 10. The van der Waals surface area contributed by atoms with E-state index < -0.39 is 10.8 Å². The summed E-state index contributed by atoms with van der Waals surface area (Å²) < 4.78 is 9.40. The number of carbonyl (C=O) groups is 2. The Morgan fingerprint density at radius 2 is 1.11 bits per heavy atom. The van der Waals surface area contributed by atoms with Crippen LogP contribution in [0.2, 0.25) is 0 Å². The molecule has 0 radical (unpaired) electrons. The zero-order chi connectivity index (χ0) is 21.5. The van der Waals surface area contributed by atoms with Gasteiger partial charge in [0.25, 0.3) is 0 Å². The fourth-order valence-corrected chi connectivity index (χ4v) is 3.75. The summed E-state index contributed by atoms with van der Waals surface area (Å²) in [6.45, 7) is 7.97. The third-order valence-electron chi connectivity index (χ3n) is 5.34. The molecule has 1 rings (SSSR count). The predicted octanol–water partition coefficient (Wildman–Crippen LogP) is 4.34. The van der Waals surface area contributed by atoms with Crippen molar-refractivity contribution in [3.63, 3.8) is 0 Å². The first-order valence-corrected chi connectivity index (χ1v) is 9.66. The van der Waals surface area contributed by atoms with Crippen molar-refractivity contribution in [1.29, 1.82) is 0 Å². The number of hydrogen-bond donors (Lipinski definition) is 2. The molecule has 0 aliphatic rings. The molecule has 0 saturated carbocycles. The lowest BCUT2D eigenvalue weighted by Gasteiger charge is -2.35. The Kier molecular flexibility index (Phi) is 8.33. The minimum atomic E-state index is -0.466. The smallest absolute Gasteiger partial charge is 0.305 e. The Bertz CT molecular complexity index is 632. The lowest BCUT2D eigenvalue weighted by atomic mass is 9.69. The van der Waals surface area contributed by atoms with Crippen molar-refractivity contribution in [3.8, 4) is 11.5 Å². The first-order chi connectivity index (χ1) is 13.0. The van der Waals surface area contributed by atoms with Crippen LogP contribution in [0.3, 0.4) is 0 Å². The Morgan fingerprint density at radius 1 is 0.786 bits per heavy atom. The van der Waals surface area contributed by atoms with Crippen LogP contribution < -0.4 is 0 Å². The van der Waals surface area contributed by atoms with Crippen LogP contribution in [0.15, 0.2) is 12.1 Å². The lowest BCUT2D eigenvalue weighted by Crippen LogP contribution is -2.27. The largest absolute Gasteiger partial charge is 0.508 e. The highest BCUT2D eigenvalue weighted by atomic mass is 16.5. The number of benzene rings is 1. The molecule has 0 unspecified atom stereocenters. The molecule has 0 bridgehead atoms. The number of phenolic OH excluding ortho intramolecular Hbond substituents is 2. The second-order valence-corrected chi connectivity index (χ2v) is 8.48. The van der Waals surface area contributed by atoms with Gasteiger partial charge in [-0.2, -0.15) is 0 Å². The van der Waals surface area contributed by atoms with Crippen LogP contribution in [0.1, 0.15) is 77.3 Å². The summed E-state index contributed by atoms with van der Waals surface area (Å²) in [6.07, 6.45) is 3.11. The molecule has 2 N–H and O–H groups in total. The summed E-state index contributed by atoms with van der Waals surface area (Å²) in [5.41, 5.74) is 0.429. The number of ether oxygens (including phenoxy) is 2. The van der Waals surface area contributed by atoms with Crippen molar-refractivity contribution < 1.29 is 29.3 Å². The van der Waals surface area contributed by atoms with Crippen molar-refractivity contribution in [2.24, 2.45) is 0 Å². The maximum absolute atomic E-state index is 11.4. The molecule has 28 heavy (non-hydrogen) atoms. The van der Waals surface area contributed by atoms with Crippen LogP contribution in [0, 0.1) is 0 Å². The van der Waals surface area contributed by atoms with E-state index in [0.717, 1.165) is 0 Å². The molecule has 6 heteroatoms. The van der Waals surface area contributed by atoms with Gasteiger partial charge in [-0.3, -0.25) is 9.59 Å². The van der Waals surface area contributed by atoms with E-state index in [2.05, 4.69) is 0 Å². The van der Waals surface area contributed by atoms with Crippen LogP contribution in [0.25, 0.3) is 0 Å². The van der Waals surface area contributed by atoms with E-state index in [4.69, 9.17) is 9.47 Å². The van der Waals surface area contributed by atoms with Gasteiger partial charge in [0.05, 0.1) is 14.2 Å². The quantitative estimate of drug-likeness (QED) is 0.453. The number of methoxy groups -OCH3 is 2. The number of aromatic hydroxyl groups is 2. The van der Waals surface area contributed by atoms with Gasteiger partial charge in [0, 0.05) is 24.0 Å². The molecule has 0 aliphatic carbocycles. The number of hydrogen-bond acceptors (Lipinski definition) is 6. The van der Waals surface area contributed by atoms with Crippen molar-refractivity contribution in [3.05, 3.63) is 23.3 Å². The molecule has 0 heterocycles. The monoisotopic (exact) mass is 394 g/mol. The highest BCUT2D eigenvalue weighted by molar-refractivity contribution is 5.69. The summed E-state index contributed by atoms with van der Waals surface area (Å²) >= 11 is 0. The summed E-state index contributed by atoms with van der Waals surface area (Å²) in [4.78, 5) is 22.9. The molecule has 1 aromatic rings. The van der Waals surface area contributed by atoms with E-state index in [0.29, 0.717) is 49.7 Å².